The second-order valence-corrected chi connectivity index (χ2v) is 9.75. The number of methoxy groups -OCH3 is 1. The van der Waals surface area contributed by atoms with Gasteiger partial charge in [0.2, 0.25) is 0 Å². The third kappa shape index (κ3) is 5.92. The average molecular weight is 498 g/mol. The van der Waals surface area contributed by atoms with Gasteiger partial charge in [-0.05, 0) is 94.1 Å². The highest BCUT2D eigenvalue weighted by Gasteiger charge is 2.41. The van der Waals surface area contributed by atoms with Gasteiger partial charge in [-0.3, -0.25) is 14.8 Å². The second kappa shape index (κ2) is 11.3. The molecule has 1 aliphatic heterocycles. The predicted molar refractivity (Wildman–Crippen MR) is 136 cm³/mol. The number of aliphatic carboxylic acids is 1. The van der Waals surface area contributed by atoms with Crippen molar-refractivity contribution in [1.29, 1.82) is 0 Å². The first kappa shape index (κ1) is 25.4. The van der Waals surface area contributed by atoms with E-state index in [0.717, 1.165) is 37.9 Å². The maximum absolute atomic E-state index is 12.3. The number of fused-ring (bicyclic) bond motifs is 1. The van der Waals surface area contributed by atoms with E-state index in [0.29, 0.717) is 47.5 Å². The zero-order valence-electron chi connectivity index (χ0n) is 20.0. The first-order chi connectivity index (χ1) is 16.9. The zero-order chi connectivity index (χ0) is 24.8. The van der Waals surface area contributed by atoms with E-state index in [4.69, 9.17) is 16.3 Å². The Balaban J connectivity index is 1.38. The largest absolute Gasteiger partial charge is 0.497 e. The molecule has 1 fully saturated rings. The SMILES string of the molecule is COc1ccc2ncc(Cl)c([C@@H](O)CCC3(C(=O)O)CCN(CCCc4ccncc4)CC3)c2c1. The third-order valence-electron chi connectivity index (χ3n) is 7.25. The molecule has 1 saturated heterocycles. The minimum atomic E-state index is -0.894. The van der Waals surface area contributed by atoms with Crippen LogP contribution < -0.4 is 4.74 Å². The van der Waals surface area contributed by atoms with Gasteiger partial charge in [-0.1, -0.05) is 11.6 Å². The number of hydrogen-bond donors (Lipinski definition) is 2. The normalized spacial score (nSPS) is 16.8. The first-order valence-corrected chi connectivity index (χ1v) is 12.4. The van der Waals surface area contributed by atoms with Crippen LogP contribution in [-0.2, 0) is 11.2 Å². The molecule has 1 atom stereocenters. The molecule has 0 spiro atoms. The number of piperidine rings is 1. The highest BCUT2D eigenvalue weighted by atomic mass is 35.5. The number of rotatable bonds is 10. The van der Waals surface area contributed by atoms with Gasteiger partial charge in [0.25, 0.3) is 0 Å². The lowest BCUT2D eigenvalue weighted by molar-refractivity contribution is -0.153. The number of aromatic nitrogens is 2. The summed E-state index contributed by atoms with van der Waals surface area (Å²) in [6.07, 6.45) is 8.12. The molecule has 0 saturated carbocycles. The summed E-state index contributed by atoms with van der Waals surface area (Å²) in [7, 11) is 1.58. The fraction of sp³-hybridized carbons (Fsp3) is 0.444. The fourth-order valence-electron chi connectivity index (χ4n) is 5.02. The van der Waals surface area contributed by atoms with E-state index >= 15 is 0 Å². The van der Waals surface area contributed by atoms with Crippen LogP contribution in [0.3, 0.4) is 0 Å². The van der Waals surface area contributed by atoms with Crippen molar-refractivity contribution in [2.75, 3.05) is 26.7 Å². The lowest BCUT2D eigenvalue weighted by Crippen LogP contribution is -2.44. The molecular formula is C27H32ClN3O4. The number of carboxylic acid groups (broad SMARTS) is 1. The van der Waals surface area contributed by atoms with Crippen LogP contribution in [0.15, 0.2) is 48.9 Å². The van der Waals surface area contributed by atoms with E-state index in [1.54, 1.807) is 7.11 Å². The minimum absolute atomic E-state index is 0.310. The van der Waals surface area contributed by atoms with Gasteiger partial charge < -0.3 is 19.8 Å². The molecule has 7 nitrogen and oxygen atoms in total. The van der Waals surface area contributed by atoms with E-state index in [-0.39, 0.29) is 0 Å². The summed E-state index contributed by atoms with van der Waals surface area (Å²) in [5.41, 5.74) is 1.71. The van der Waals surface area contributed by atoms with Gasteiger partial charge in [-0.25, -0.2) is 0 Å². The number of aliphatic hydroxyl groups excluding tert-OH is 1. The Morgan fingerprint density at radius 2 is 1.97 bits per heavy atom. The Morgan fingerprint density at radius 3 is 2.66 bits per heavy atom. The van der Waals surface area contributed by atoms with Crippen LogP contribution in [0.1, 0.15) is 49.3 Å². The number of benzene rings is 1. The van der Waals surface area contributed by atoms with E-state index < -0.39 is 17.5 Å². The standard InChI is InChI=1S/C27H32ClN3O4/c1-35-20-4-5-23-21(17-20)25(22(28)18-30-23)24(32)6-9-27(26(33)34)10-15-31(16-11-27)14-2-3-19-7-12-29-13-8-19/h4-5,7-8,12-13,17-18,24,32H,2-3,6,9-11,14-16H2,1H3,(H,33,34)/t24-/m0/s1. The molecule has 0 amide bonds. The molecular weight excluding hydrogens is 466 g/mol. The number of carboxylic acids is 1. The summed E-state index contributed by atoms with van der Waals surface area (Å²) < 4.78 is 5.32. The van der Waals surface area contributed by atoms with Crippen molar-refractivity contribution >= 4 is 28.5 Å². The molecule has 3 aromatic rings. The molecule has 1 aromatic carbocycles. The minimum Gasteiger partial charge on any atom is -0.497 e. The van der Waals surface area contributed by atoms with E-state index in [1.165, 1.54) is 11.8 Å². The topological polar surface area (TPSA) is 95.8 Å². The number of nitrogens with zero attached hydrogens (tertiary/aromatic N) is 3. The lowest BCUT2D eigenvalue weighted by atomic mass is 9.74. The van der Waals surface area contributed by atoms with Crippen molar-refractivity contribution in [1.82, 2.24) is 14.9 Å². The zero-order valence-corrected chi connectivity index (χ0v) is 20.7. The van der Waals surface area contributed by atoms with Gasteiger partial charge in [0.1, 0.15) is 5.75 Å². The predicted octanol–water partition coefficient (Wildman–Crippen LogP) is 4.91. The van der Waals surface area contributed by atoms with Crippen LogP contribution in [0.2, 0.25) is 5.02 Å². The molecule has 1 aliphatic rings. The van der Waals surface area contributed by atoms with Crippen molar-refractivity contribution in [3.05, 3.63) is 65.1 Å². The number of halogens is 1. The maximum atomic E-state index is 12.3. The Bertz CT molecular complexity index is 1150. The van der Waals surface area contributed by atoms with Gasteiger partial charge in [0, 0.05) is 29.5 Å². The highest BCUT2D eigenvalue weighted by Crippen LogP contribution is 2.41. The molecule has 4 rings (SSSR count). The van der Waals surface area contributed by atoms with Gasteiger partial charge in [0.15, 0.2) is 0 Å². The van der Waals surface area contributed by atoms with Crippen molar-refractivity contribution in [2.45, 2.75) is 44.6 Å². The van der Waals surface area contributed by atoms with Gasteiger partial charge >= 0.3 is 5.97 Å². The molecule has 35 heavy (non-hydrogen) atoms. The fourth-order valence-corrected chi connectivity index (χ4v) is 5.30. The van der Waals surface area contributed by atoms with Crippen LogP contribution in [0.5, 0.6) is 5.75 Å². The Kier molecular flexibility index (Phi) is 8.21. The molecule has 2 N–H and O–H groups in total. The van der Waals surface area contributed by atoms with Crippen molar-refractivity contribution < 1.29 is 19.7 Å². The number of hydrogen-bond acceptors (Lipinski definition) is 6. The number of carbonyl (C=O) groups is 1. The number of likely N-dealkylation sites (tertiary alicyclic amines) is 1. The van der Waals surface area contributed by atoms with E-state index in [1.807, 2.05) is 42.7 Å². The second-order valence-electron chi connectivity index (χ2n) is 9.34. The molecule has 3 heterocycles. The van der Waals surface area contributed by atoms with Gasteiger partial charge in [0.05, 0.1) is 29.2 Å². The van der Waals surface area contributed by atoms with Crippen LogP contribution in [0, 0.1) is 5.41 Å². The van der Waals surface area contributed by atoms with Crippen LogP contribution >= 0.6 is 11.6 Å². The number of aliphatic hydroxyl groups is 1. The lowest BCUT2D eigenvalue weighted by Gasteiger charge is -2.39. The molecule has 0 bridgehead atoms. The average Bonchev–Trinajstić information content (AvgIpc) is 2.88. The summed E-state index contributed by atoms with van der Waals surface area (Å²) in [5.74, 6) is -0.137. The smallest absolute Gasteiger partial charge is 0.309 e. The molecule has 0 unspecified atom stereocenters. The monoisotopic (exact) mass is 497 g/mol. The van der Waals surface area contributed by atoms with Gasteiger partial charge in [-0.15, -0.1) is 0 Å². The van der Waals surface area contributed by atoms with Gasteiger partial charge in [-0.2, -0.15) is 0 Å². The van der Waals surface area contributed by atoms with E-state index in [9.17, 15) is 15.0 Å². The molecule has 2 aromatic heterocycles. The highest BCUT2D eigenvalue weighted by molar-refractivity contribution is 6.32. The third-order valence-corrected chi connectivity index (χ3v) is 7.55. The van der Waals surface area contributed by atoms with Crippen LogP contribution in [0.4, 0.5) is 0 Å². The summed E-state index contributed by atoms with van der Waals surface area (Å²) >= 11 is 6.43. The van der Waals surface area contributed by atoms with Crippen molar-refractivity contribution in [3.8, 4) is 5.75 Å². The van der Waals surface area contributed by atoms with Crippen molar-refractivity contribution in [2.24, 2.45) is 5.41 Å². The summed E-state index contributed by atoms with van der Waals surface area (Å²) in [5, 5.41) is 22.3. The first-order valence-electron chi connectivity index (χ1n) is 12.1. The Hall–Kier alpha value is -2.74. The number of ether oxygens (including phenoxy) is 1. The maximum Gasteiger partial charge on any atom is 0.309 e. The summed E-state index contributed by atoms with van der Waals surface area (Å²) in [6, 6.07) is 9.51. The van der Waals surface area contributed by atoms with Crippen molar-refractivity contribution in [3.63, 3.8) is 0 Å². The quantitative estimate of drug-likeness (QED) is 0.411. The molecule has 8 heteroatoms. The van der Waals surface area contributed by atoms with E-state index in [2.05, 4.69) is 14.9 Å². The molecule has 0 radical (unpaired) electrons. The summed E-state index contributed by atoms with van der Waals surface area (Å²) in [4.78, 5) is 23.1. The number of pyridine rings is 2. The van der Waals surface area contributed by atoms with Crippen LogP contribution in [-0.4, -0.2) is 57.8 Å². The molecule has 186 valence electrons. The summed E-state index contributed by atoms with van der Waals surface area (Å²) in [6.45, 7) is 2.44. The molecule has 0 aliphatic carbocycles. The van der Waals surface area contributed by atoms with Crippen LogP contribution in [0.25, 0.3) is 10.9 Å². The Morgan fingerprint density at radius 1 is 1.23 bits per heavy atom. The Labute approximate surface area is 210 Å². The number of aryl methyl sites for hydroxylation is 1.